The molecule has 2 aromatic rings. The fourth-order valence-corrected chi connectivity index (χ4v) is 3.76. The molecule has 152 valence electrons. The highest BCUT2D eigenvalue weighted by Crippen LogP contribution is 2.48. The van der Waals surface area contributed by atoms with Crippen molar-refractivity contribution in [3.63, 3.8) is 0 Å². The molecule has 2 atom stereocenters. The van der Waals surface area contributed by atoms with Crippen molar-refractivity contribution in [1.29, 1.82) is 0 Å². The molecule has 3 aliphatic rings. The van der Waals surface area contributed by atoms with Crippen LogP contribution in [0.25, 0.3) is 11.2 Å². The minimum atomic E-state index is -2.84. The smallest absolute Gasteiger partial charge is 0.260 e. The molecule has 0 bridgehead atoms. The minimum absolute atomic E-state index is 0.0424. The number of nitrogens with zero attached hydrogens (tertiary/aromatic N) is 3. The van der Waals surface area contributed by atoms with Gasteiger partial charge in [-0.2, -0.15) is 4.98 Å². The summed E-state index contributed by atoms with van der Waals surface area (Å²) in [6.45, 7) is 0. The molecule has 9 heteroatoms. The van der Waals surface area contributed by atoms with E-state index in [2.05, 4.69) is 20.7 Å². The second-order valence-electron chi connectivity index (χ2n) is 8.11. The Labute approximate surface area is 165 Å². The second-order valence-corrected chi connectivity index (χ2v) is 8.11. The van der Waals surface area contributed by atoms with Gasteiger partial charge in [0.2, 0.25) is 17.8 Å². The number of alkyl halides is 2. The van der Waals surface area contributed by atoms with E-state index >= 15 is 0 Å². The number of aromatic nitrogens is 3. The lowest BCUT2D eigenvalue weighted by atomic mass is 9.93. The first-order valence-electron chi connectivity index (χ1n) is 9.95. The van der Waals surface area contributed by atoms with E-state index in [9.17, 15) is 18.4 Å². The average molecular weight is 401 g/mol. The molecule has 0 aliphatic heterocycles. The molecule has 29 heavy (non-hydrogen) atoms. The molecular formula is C20H21F2N5O2. The number of nitrogens with one attached hydrogen (secondary N) is 2. The van der Waals surface area contributed by atoms with Crippen LogP contribution in [0, 0.1) is 11.8 Å². The SMILES string of the molecule is O=C(Nc1nc2cccc(C3=CC[C@@H](NC(=O)[C@H]4CC4(F)F)CC3)n2n1)C1CC1. The summed E-state index contributed by atoms with van der Waals surface area (Å²) < 4.78 is 27.8. The van der Waals surface area contributed by atoms with Gasteiger partial charge >= 0.3 is 0 Å². The lowest BCUT2D eigenvalue weighted by Gasteiger charge is -2.23. The summed E-state index contributed by atoms with van der Waals surface area (Å²) >= 11 is 0. The number of amides is 2. The van der Waals surface area contributed by atoms with Crippen LogP contribution in [0.2, 0.25) is 0 Å². The third-order valence-corrected chi connectivity index (χ3v) is 5.77. The topological polar surface area (TPSA) is 88.4 Å². The van der Waals surface area contributed by atoms with Crippen LogP contribution in [-0.4, -0.2) is 38.4 Å². The molecule has 2 N–H and O–H groups in total. The van der Waals surface area contributed by atoms with Crippen LogP contribution >= 0.6 is 0 Å². The van der Waals surface area contributed by atoms with Gasteiger partial charge in [-0.1, -0.05) is 12.1 Å². The number of fused-ring (bicyclic) bond motifs is 1. The normalized spacial score (nSPS) is 25.4. The number of carbonyl (C=O) groups is 2. The first-order chi connectivity index (χ1) is 13.9. The van der Waals surface area contributed by atoms with E-state index in [0.717, 1.165) is 24.1 Å². The third-order valence-electron chi connectivity index (χ3n) is 5.77. The maximum absolute atomic E-state index is 13.0. The van der Waals surface area contributed by atoms with Crippen LogP contribution in [0.3, 0.4) is 0 Å². The van der Waals surface area contributed by atoms with Crippen LogP contribution < -0.4 is 10.6 Å². The first kappa shape index (κ1) is 18.2. The Kier molecular flexibility index (Phi) is 4.15. The molecular weight excluding hydrogens is 380 g/mol. The van der Waals surface area contributed by atoms with E-state index in [1.807, 2.05) is 24.3 Å². The Balaban J connectivity index is 1.29. The first-order valence-corrected chi connectivity index (χ1v) is 9.95. The van der Waals surface area contributed by atoms with E-state index in [4.69, 9.17) is 0 Å². The van der Waals surface area contributed by atoms with Gasteiger partial charge in [-0.05, 0) is 49.8 Å². The van der Waals surface area contributed by atoms with E-state index in [-0.39, 0.29) is 24.3 Å². The van der Waals surface area contributed by atoms with Gasteiger partial charge in [0.15, 0.2) is 5.65 Å². The average Bonchev–Trinajstić information content (AvgIpc) is 3.59. The van der Waals surface area contributed by atoms with Crippen LogP contribution in [0.5, 0.6) is 0 Å². The zero-order valence-corrected chi connectivity index (χ0v) is 15.7. The monoisotopic (exact) mass is 401 g/mol. The van der Waals surface area contributed by atoms with Gasteiger partial charge < -0.3 is 5.32 Å². The number of halogens is 2. The summed E-state index contributed by atoms with van der Waals surface area (Å²) in [4.78, 5) is 28.2. The number of hydrogen-bond donors (Lipinski definition) is 2. The Morgan fingerprint density at radius 2 is 1.97 bits per heavy atom. The minimum Gasteiger partial charge on any atom is -0.353 e. The summed E-state index contributed by atoms with van der Waals surface area (Å²) in [5, 5.41) is 9.94. The van der Waals surface area contributed by atoms with Crippen molar-refractivity contribution in [3.8, 4) is 0 Å². The lowest BCUT2D eigenvalue weighted by molar-refractivity contribution is -0.125. The molecule has 0 unspecified atom stereocenters. The second kappa shape index (κ2) is 6.60. The molecule has 2 heterocycles. The summed E-state index contributed by atoms with van der Waals surface area (Å²) in [5.74, 6) is -4.23. The predicted octanol–water partition coefficient (Wildman–Crippen LogP) is 2.79. The van der Waals surface area contributed by atoms with Crippen molar-refractivity contribution in [3.05, 3.63) is 30.0 Å². The van der Waals surface area contributed by atoms with E-state index in [0.29, 0.717) is 30.9 Å². The van der Waals surface area contributed by atoms with Gasteiger partial charge in [-0.3, -0.25) is 14.9 Å². The van der Waals surface area contributed by atoms with Crippen molar-refractivity contribution in [2.24, 2.45) is 11.8 Å². The highest BCUT2D eigenvalue weighted by molar-refractivity contribution is 5.92. The summed E-state index contributed by atoms with van der Waals surface area (Å²) in [6, 6.07) is 5.51. The van der Waals surface area contributed by atoms with Crippen LogP contribution in [0.1, 0.15) is 44.2 Å². The Bertz CT molecular complexity index is 1030. The molecule has 5 rings (SSSR count). The van der Waals surface area contributed by atoms with Crippen LogP contribution in [0.15, 0.2) is 24.3 Å². The lowest BCUT2D eigenvalue weighted by Crippen LogP contribution is -2.37. The maximum atomic E-state index is 13.0. The highest BCUT2D eigenvalue weighted by atomic mass is 19.3. The molecule has 2 fully saturated rings. The fraction of sp³-hybridized carbons (Fsp3) is 0.500. The van der Waals surface area contributed by atoms with Crippen molar-refractivity contribution >= 4 is 29.0 Å². The van der Waals surface area contributed by atoms with Crippen LogP contribution in [0.4, 0.5) is 14.7 Å². The van der Waals surface area contributed by atoms with Gasteiger partial charge in [-0.25, -0.2) is 13.3 Å². The highest BCUT2D eigenvalue weighted by Gasteiger charge is 2.61. The maximum Gasteiger partial charge on any atom is 0.260 e. The molecule has 0 aromatic carbocycles. The van der Waals surface area contributed by atoms with Gasteiger partial charge in [0.25, 0.3) is 5.92 Å². The number of pyridine rings is 1. The molecule has 0 spiro atoms. The van der Waals surface area contributed by atoms with Crippen molar-refractivity contribution in [2.75, 3.05) is 5.32 Å². The Morgan fingerprint density at radius 3 is 2.62 bits per heavy atom. The number of rotatable bonds is 5. The Morgan fingerprint density at radius 1 is 1.17 bits per heavy atom. The van der Waals surface area contributed by atoms with E-state index < -0.39 is 17.7 Å². The van der Waals surface area contributed by atoms with E-state index in [1.165, 1.54) is 0 Å². The largest absolute Gasteiger partial charge is 0.353 e. The molecule has 2 amide bonds. The number of allylic oxidation sites excluding steroid dienone is 1. The van der Waals surface area contributed by atoms with Crippen LogP contribution in [-0.2, 0) is 9.59 Å². The molecule has 0 saturated heterocycles. The fourth-order valence-electron chi connectivity index (χ4n) is 3.76. The molecule has 2 saturated carbocycles. The summed E-state index contributed by atoms with van der Waals surface area (Å²) in [5.41, 5.74) is 2.57. The van der Waals surface area contributed by atoms with Crippen molar-refractivity contribution in [1.82, 2.24) is 19.9 Å². The number of carbonyl (C=O) groups excluding carboxylic acids is 2. The van der Waals surface area contributed by atoms with E-state index in [1.54, 1.807) is 4.52 Å². The Hall–Kier alpha value is -2.84. The predicted molar refractivity (Wildman–Crippen MR) is 101 cm³/mol. The molecule has 7 nitrogen and oxygen atoms in total. The van der Waals surface area contributed by atoms with Gasteiger partial charge in [-0.15, -0.1) is 5.10 Å². The summed E-state index contributed by atoms with van der Waals surface area (Å²) in [6.07, 6.45) is 5.43. The summed E-state index contributed by atoms with van der Waals surface area (Å²) in [7, 11) is 0. The van der Waals surface area contributed by atoms with Crippen molar-refractivity contribution < 1.29 is 18.4 Å². The van der Waals surface area contributed by atoms with Gasteiger partial charge in [0.05, 0.1) is 5.69 Å². The van der Waals surface area contributed by atoms with Crippen molar-refractivity contribution in [2.45, 2.75) is 50.5 Å². The number of anilines is 1. The molecule has 3 aliphatic carbocycles. The standard InChI is InChI=1S/C20H21F2N5O2/c21-20(22)10-14(20)18(29)23-13-8-6-11(7-9-13)15-2-1-3-16-24-19(26-27(15)16)25-17(28)12-4-5-12/h1-3,6,12-14H,4-5,7-10H2,(H,23,29)(H,25,26,28)/t13-,14-/m1/s1. The molecule has 2 aromatic heterocycles. The molecule has 0 radical (unpaired) electrons. The quantitative estimate of drug-likeness (QED) is 0.806. The van der Waals surface area contributed by atoms with Gasteiger partial charge in [0.1, 0.15) is 5.92 Å². The zero-order valence-electron chi connectivity index (χ0n) is 15.7. The van der Waals surface area contributed by atoms with Gasteiger partial charge in [0, 0.05) is 18.4 Å². The number of hydrogen-bond acceptors (Lipinski definition) is 4. The third kappa shape index (κ3) is 3.61. The zero-order chi connectivity index (χ0) is 20.2.